The molecule has 0 N–H and O–H groups in total. The Morgan fingerprint density at radius 1 is 0.274 bits per heavy atom. The number of carbonyl (C=O) groups is 8. The number of nitrogens with zero attached hydrogens (tertiary/aromatic N) is 2. The molecule has 73 heavy (non-hydrogen) atoms. The molecule has 0 spiro atoms. The molecule has 0 saturated heterocycles. The summed E-state index contributed by atoms with van der Waals surface area (Å²) in [7, 11) is 0. The van der Waals surface area contributed by atoms with E-state index in [1.165, 1.54) is 0 Å². The third kappa shape index (κ3) is 43.9. The second-order valence-electron chi connectivity index (χ2n) is 17.9. The van der Waals surface area contributed by atoms with E-state index in [0.717, 1.165) is 51.4 Å². The lowest BCUT2D eigenvalue weighted by atomic mass is 10.2. The molecule has 0 aliphatic rings. The zero-order valence-electron chi connectivity index (χ0n) is 44.3. The van der Waals surface area contributed by atoms with Gasteiger partial charge in [0.25, 0.3) is 0 Å². The molecule has 18 nitrogen and oxygen atoms in total. The summed E-state index contributed by atoms with van der Waals surface area (Å²) in [5, 5.41) is 0. The van der Waals surface area contributed by atoms with Crippen molar-refractivity contribution in [3.05, 3.63) is 48.6 Å². The molecule has 18 heteroatoms. The molecule has 0 saturated carbocycles. The van der Waals surface area contributed by atoms with Crippen LogP contribution in [0, 0.1) is 0 Å². The Morgan fingerprint density at radius 3 is 0.603 bits per heavy atom. The Kier molecular flexibility index (Phi) is 44.3. The van der Waals surface area contributed by atoms with E-state index >= 15 is 0 Å². The number of carbonyl (C=O) groups excluding carboxylic acids is 8. The molecular weight excluding hydrogens is 945 g/mol. The van der Waals surface area contributed by atoms with E-state index in [4.69, 9.17) is 37.9 Å². The van der Waals surface area contributed by atoms with Gasteiger partial charge in [0.1, 0.15) is 0 Å². The summed E-state index contributed by atoms with van der Waals surface area (Å²) >= 11 is 0. The number of ether oxygens (including phenoxy) is 8. The van der Waals surface area contributed by atoms with Gasteiger partial charge in [-0.15, -0.1) is 0 Å². The number of hydrogen-bond donors (Lipinski definition) is 0. The molecule has 0 aliphatic heterocycles. The van der Waals surface area contributed by atoms with Gasteiger partial charge in [-0.2, -0.15) is 0 Å². The zero-order valence-corrected chi connectivity index (χ0v) is 44.3. The van der Waals surface area contributed by atoms with Crippen molar-refractivity contribution >= 4 is 47.8 Å². The highest BCUT2D eigenvalue weighted by atomic mass is 16.6. The summed E-state index contributed by atoms with van der Waals surface area (Å²) in [6.07, 6.45) is 12.1. The van der Waals surface area contributed by atoms with Crippen molar-refractivity contribution in [1.29, 1.82) is 0 Å². The molecule has 0 unspecified atom stereocenters. The van der Waals surface area contributed by atoms with E-state index in [0.29, 0.717) is 139 Å². The van der Waals surface area contributed by atoms with Crippen molar-refractivity contribution in [1.82, 2.24) is 9.80 Å². The third-order valence-corrected chi connectivity index (χ3v) is 10.8. The van der Waals surface area contributed by atoms with Gasteiger partial charge in [-0.25, -0.2) is 19.2 Å². The van der Waals surface area contributed by atoms with Crippen LogP contribution in [0.2, 0.25) is 0 Å². The van der Waals surface area contributed by atoms with Gasteiger partial charge in [0.15, 0.2) is 0 Å². The zero-order chi connectivity index (χ0) is 53.8. The Morgan fingerprint density at radius 2 is 0.438 bits per heavy atom. The topological polar surface area (TPSA) is 217 Å². The van der Waals surface area contributed by atoms with Crippen LogP contribution in [-0.2, 0) is 76.3 Å². The molecule has 0 fully saturated rings. The van der Waals surface area contributed by atoms with Crippen LogP contribution < -0.4 is 0 Å². The SMILES string of the molecule is C.C=C(C)C(=O)OCCCCCCOC(=O)CCN(CCC(=O)OCCCCCCOC(=O)C(=C)C)CCN(CCC(=O)OCCCCCCOC(=O)C(=C)C)CCC(=O)OCCCCCCOC(=O)C(=C)C. The van der Waals surface area contributed by atoms with Crippen LogP contribution in [0.1, 0.15) is 164 Å². The summed E-state index contributed by atoms with van der Waals surface area (Å²) < 4.78 is 42.4. The second-order valence-corrected chi connectivity index (χ2v) is 17.9. The summed E-state index contributed by atoms with van der Waals surface area (Å²) in [5.74, 6) is -3.19. The number of rotatable bonds is 47. The quantitative estimate of drug-likeness (QED) is 0.0241. The highest BCUT2D eigenvalue weighted by molar-refractivity contribution is 5.88. The predicted molar refractivity (Wildman–Crippen MR) is 279 cm³/mol. The fourth-order valence-electron chi connectivity index (χ4n) is 6.37. The molecule has 0 aromatic carbocycles. The molecular formula is C55H92N2O16. The van der Waals surface area contributed by atoms with E-state index in [-0.39, 0.29) is 83.4 Å². The van der Waals surface area contributed by atoms with E-state index in [1.54, 1.807) is 27.7 Å². The standard InChI is InChI=1S/C54H88N2O16.CH4/c1-43(2)51(61)69-39-21-13-9-17-35-65-47(57)25-29-55(30-26-48(58)66-36-18-10-14-22-40-70-52(62)44(3)4)33-34-56(31-27-49(59)67-37-19-11-15-23-41-71-53(63)45(5)6)32-28-50(60)68-38-20-12-16-24-42-72-54(64)46(7)8;/h1,3,5,7,9-42H2,2,4,6,8H3;1H4. The first-order chi connectivity index (χ1) is 34.4. The minimum Gasteiger partial charge on any atom is -0.466 e. The first-order valence-corrected chi connectivity index (χ1v) is 25.8. The van der Waals surface area contributed by atoms with Gasteiger partial charge < -0.3 is 47.7 Å². The van der Waals surface area contributed by atoms with Crippen molar-refractivity contribution in [2.75, 3.05) is 92.1 Å². The van der Waals surface area contributed by atoms with E-state index in [9.17, 15) is 38.4 Å². The maximum atomic E-state index is 12.8. The van der Waals surface area contributed by atoms with Crippen molar-refractivity contribution < 1.29 is 76.3 Å². The Bertz CT molecular complexity index is 1440. The highest BCUT2D eigenvalue weighted by Gasteiger charge is 2.17. The van der Waals surface area contributed by atoms with Crippen LogP contribution in [0.4, 0.5) is 0 Å². The second kappa shape index (κ2) is 46.4. The molecule has 0 aliphatic carbocycles. The first kappa shape index (κ1) is 69.7. The van der Waals surface area contributed by atoms with Crippen molar-refractivity contribution in [2.45, 2.75) is 164 Å². The van der Waals surface area contributed by atoms with Crippen LogP contribution in [-0.4, -0.2) is 150 Å². The van der Waals surface area contributed by atoms with Gasteiger partial charge in [-0.3, -0.25) is 19.2 Å². The maximum absolute atomic E-state index is 12.8. The van der Waals surface area contributed by atoms with Gasteiger partial charge >= 0.3 is 47.8 Å². The fourth-order valence-corrected chi connectivity index (χ4v) is 6.37. The molecule has 0 rings (SSSR count). The fraction of sp³-hybridized carbons (Fsp3) is 0.709. The summed E-state index contributed by atoms with van der Waals surface area (Å²) in [6.45, 7) is 24.8. The Labute approximate surface area is 436 Å². The number of esters is 8. The summed E-state index contributed by atoms with van der Waals surface area (Å²) in [6, 6.07) is 0. The van der Waals surface area contributed by atoms with Crippen molar-refractivity contribution in [3.8, 4) is 0 Å². The molecule has 0 aromatic heterocycles. The molecule has 0 radical (unpaired) electrons. The lowest BCUT2D eigenvalue weighted by Crippen LogP contribution is -2.39. The number of unbranched alkanes of at least 4 members (excludes halogenated alkanes) is 12. The average Bonchev–Trinajstić information content (AvgIpc) is 3.34. The van der Waals surface area contributed by atoms with Crippen LogP contribution in [0.25, 0.3) is 0 Å². The average molecular weight is 1040 g/mol. The molecule has 418 valence electrons. The predicted octanol–water partition coefficient (Wildman–Crippen LogP) is 8.68. The maximum Gasteiger partial charge on any atom is 0.333 e. The molecule has 0 bridgehead atoms. The monoisotopic (exact) mass is 1040 g/mol. The van der Waals surface area contributed by atoms with Gasteiger partial charge in [0.2, 0.25) is 0 Å². The van der Waals surface area contributed by atoms with Gasteiger partial charge in [0.05, 0.1) is 78.5 Å². The molecule has 0 atom stereocenters. The van der Waals surface area contributed by atoms with Crippen molar-refractivity contribution in [3.63, 3.8) is 0 Å². The Hall–Kier alpha value is -5.36. The first-order valence-electron chi connectivity index (χ1n) is 25.8. The molecule has 0 aromatic rings. The summed E-state index contributed by atoms with van der Waals surface area (Å²) in [5.41, 5.74) is 1.40. The van der Waals surface area contributed by atoms with Gasteiger partial charge in [0, 0.05) is 61.6 Å². The van der Waals surface area contributed by atoms with Gasteiger partial charge in [-0.1, -0.05) is 33.7 Å². The lowest BCUT2D eigenvalue weighted by Gasteiger charge is -2.27. The highest BCUT2D eigenvalue weighted by Crippen LogP contribution is 2.09. The Balaban J connectivity index is 0. The molecule has 0 heterocycles. The van der Waals surface area contributed by atoms with E-state index in [2.05, 4.69) is 26.3 Å². The van der Waals surface area contributed by atoms with Crippen LogP contribution >= 0.6 is 0 Å². The lowest BCUT2D eigenvalue weighted by molar-refractivity contribution is -0.146. The normalized spacial score (nSPS) is 10.7. The van der Waals surface area contributed by atoms with Crippen LogP contribution in [0.15, 0.2) is 48.6 Å². The minimum atomic E-state index is -0.415. The van der Waals surface area contributed by atoms with E-state index < -0.39 is 23.9 Å². The van der Waals surface area contributed by atoms with Crippen LogP contribution in [0.3, 0.4) is 0 Å². The summed E-state index contributed by atoms with van der Waals surface area (Å²) in [4.78, 5) is 101. The molecule has 0 amide bonds. The van der Waals surface area contributed by atoms with Crippen molar-refractivity contribution in [2.24, 2.45) is 0 Å². The number of hydrogen-bond acceptors (Lipinski definition) is 18. The van der Waals surface area contributed by atoms with Crippen LogP contribution in [0.5, 0.6) is 0 Å². The van der Waals surface area contributed by atoms with E-state index in [1.807, 2.05) is 9.80 Å². The largest absolute Gasteiger partial charge is 0.466 e. The smallest absolute Gasteiger partial charge is 0.333 e. The minimum absolute atomic E-state index is 0. The van der Waals surface area contributed by atoms with Gasteiger partial charge in [-0.05, 0) is 130 Å². The third-order valence-electron chi connectivity index (χ3n) is 10.8.